The number of fused-ring (bicyclic) bond motifs is 1. The highest BCUT2D eigenvalue weighted by Gasteiger charge is 2.25. The van der Waals surface area contributed by atoms with Gasteiger partial charge in [0, 0.05) is 42.3 Å². The highest BCUT2D eigenvalue weighted by molar-refractivity contribution is 7.22. The van der Waals surface area contributed by atoms with Gasteiger partial charge >= 0.3 is 5.97 Å². The summed E-state index contributed by atoms with van der Waals surface area (Å²) in [7, 11) is 0. The van der Waals surface area contributed by atoms with E-state index in [0.29, 0.717) is 29.0 Å². The number of aliphatic carboxylic acids is 1. The Morgan fingerprint density at radius 1 is 1.23 bits per heavy atom. The molecular weight excluding hydrogens is 457 g/mol. The lowest BCUT2D eigenvalue weighted by molar-refractivity contribution is -0.136. The van der Waals surface area contributed by atoms with E-state index in [2.05, 4.69) is 16.7 Å². The number of carboxylic acid groups (broad SMARTS) is 1. The van der Waals surface area contributed by atoms with Gasteiger partial charge in [0.25, 0.3) is 0 Å². The molecule has 2 aromatic carbocycles. The largest absolute Gasteiger partial charge is 0.492 e. The van der Waals surface area contributed by atoms with Crippen molar-refractivity contribution in [1.29, 1.82) is 0 Å². The number of piperazine rings is 1. The third-order valence-electron chi connectivity index (χ3n) is 5.31. The van der Waals surface area contributed by atoms with Gasteiger partial charge in [-0.2, -0.15) is 0 Å². The van der Waals surface area contributed by atoms with Gasteiger partial charge in [-0.05, 0) is 48.9 Å². The average molecular weight is 480 g/mol. The molecule has 2 heterocycles. The molecule has 0 spiro atoms. The second-order valence-electron chi connectivity index (χ2n) is 7.65. The van der Waals surface area contributed by atoms with E-state index in [1.165, 1.54) is 0 Å². The number of halogens is 2. The van der Waals surface area contributed by atoms with Crippen LogP contribution in [0.2, 0.25) is 10.0 Å². The van der Waals surface area contributed by atoms with E-state index >= 15 is 0 Å². The van der Waals surface area contributed by atoms with Crippen LogP contribution in [0.3, 0.4) is 0 Å². The number of thiazole rings is 1. The summed E-state index contributed by atoms with van der Waals surface area (Å²) in [4.78, 5) is 20.4. The summed E-state index contributed by atoms with van der Waals surface area (Å²) in [5.41, 5.74) is 1.62. The van der Waals surface area contributed by atoms with Crippen LogP contribution in [0, 0.1) is 0 Å². The minimum atomic E-state index is -0.892. The standard InChI is InChI=1S/C22H23Cl2N3O3S/c1-14-13-27(22-25-19-3-2-16(23)12-20(19)31-22)5-4-26(14)6-7-30-18-9-15(10-21(28)29)8-17(24)11-18/h2-3,8-9,11-12,14H,4-7,10,13H2,1H3,(H,28,29)/t14-/m0/s1. The first-order chi connectivity index (χ1) is 14.9. The summed E-state index contributed by atoms with van der Waals surface area (Å²) < 4.78 is 6.97. The van der Waals surface area contributed by atoms with Crippen LogP contribution < -0.4 is 9.64 Å². The molecule has 1 aromatic heterocycles. The summed E-state index contributed by atoms with van der Waals surface area (Å²) in [6, 6.07) is 11.3. The van der Waals surface area contributed by atoms with Gasteiger partial charge in [0.1, 0.15) is 12.4 Å². The number of nitrogens with zero attached hydrogens (tertiary/aromatic N) is 3. The molecule has 1 aliphatic heterocycles. The number of anilines is 1. The van der Waals surface area contributed by atoms with Gasteiger partial charge in [-0.1, -0.05) is 34.5 Å². The minimum absolute atomic E-state index is 0.0755. The van der Waals surface area contributed by atoms with Crippen molar-refractivity contribution < 1.29 is 14.6 Å². The highest BCUT2D eigenvalue weighted by Crippen LogP contribution is 2.31. The lowest BCUT2D eigenvalue weighted by Crippen LogP contribution is -2.52. The molecule has 0 saturated carbocycles. The van der Waals surface area contributed by atoms with Gasteiger partial charge in [0.05, 0.1) is 16.6 Å². The molecular formula is C22H23Cl2N3O3S. The van der Waals surface area contributed by atoms with Crippen molar-refractivity contribution in [3.05, 3.63) is 52.0 Å². The van der Waals surface area contributed by atoms with E-state index in [1.807, 2.05) is 18.2 Å². The quantitative estimate of drug-likeness (QED) is 0.523. The van der Waals surface area contributed by atoms with Crippen molar-refractivity contribution in [2.24, 2.45) is 0 Å². The molecule has 6 nitrogen and oxygen atoms in total. The maximum Gasteiger partial charge on any atom is 0.307 e. The van der Waals surface area contributed by atoms with E-state index in [1.54, 1.807) is 29.5 Å². The number of aromatic nitrogens is 1. The molecule has 1 N–H and O–H groups in total. The fourth-order valence-corrected chi connectivity index (χ4v) is 5.31. The molecule has 1 saturated heterocycles. The Bertz CT molecular complexity index is 1090. The van der Waals surface area contributed by atoms with Crippen LogP contribution >= 0.6 is 34.5 Å². The number of carbonyl (C=O) groups is 1. The monoisotopic (exact) mass is 479 g/mol. The molecule has 0 aliphatic carbocycles. The van der Waals surface area contributed by atoms with Crippen LogP contribution in [0.5, 0.6) is 5.75 Å². The zero-order valence-electron chi connectivity index (χ0n) is 17.1. The first-order valence-electron chi connectivity index (χ1n) is 10.1. The van der Waals surface area contributed by atoms with Gasteiger partial charge in [0.15, 0.2) is 5.13 Å². The lowest BCUT2D eigenvalue weighted by atomic mass is 10.1. The third kappa shape index (κ3) is 5.60. The van der Waals surface area contributed by atoms with Crippen molar-refractivity contribution in [2.45, 2.75) is 19.4 Å². The van der Waals surface area contributed by atoms with E-state index in [0.717, 1.165) is 46.5 Å². The molecule has 1 atom stereocenters. The molecule has 0 radical (unpaired) electrons. The van der Waals surface area contributed by atoms with Gasteiger partial charge in [-0.3, -0.25) is 9.69 Å². The SMILES string of the molecule is C[C@H]1CN(c2nc3ccc(Cl)cc3s2)CCN1CCOc1cc(Cl)cc(CC(=O)O)c1. The molecule has 31 heavy (non-hydrogen) atoms. The number of benzene rings is 2. The van der Waals surface area contributed by atoms with Crippen molar-refractivity contribution in [1.82, 2.24) is 9.88 Å². The van der Waals surface area contributed by atoms with E-state index < -0.39 is 5.97 Å². The van der Waals surface area contributed by atoms with Crippen LogP contribution in [0.25, 0.3) is 10.2 Å². The van der Waals surface area contributed by atoms with Crippen molar-refractivity contribution >= 4 is 55.9 Å². The number of ether oxygens (including phenoxy) is 1. The van der Waals surface area contributed by atoms with Gasteiger partial charge in [-0.25, -0.2) is 4.98 Å². The maximum atomic E-state index is 10.9. The third-order valence-corrected chi connectivity index (χ3v) is 6.84. The highest BCUT2D eigenvalue weighted by atomic mass is 35.5. The Hall–Kier alpha value is -2.06. The smallest absolute Gasteiger partial charge is 0.307 e. The minimum Gasteiger partial charge on any atom is -0.492 e. The maximum absolute atomic E-state index is 10.9. The molecule has 0 amide bonds. The summed E-state index contributed by atoms with van der Waals surface area (Å²) in [5, 5.41) is 11.2. The molecule has 3 aromatic rings. The lowest BCUT2D eigenvalue weighted by Gasteiger charge is -2.39. The summed E-state index contributed by atoms with van der Waals surface area (Å²) in [6.45, 7) is 6.22. The van der Waals surface area contributed by atoms with Gasteiger partial charge < -0.3 is 14.7 Å². The molecule has 1 fully saturated rings. The fraction of sp³-hybridized carbons (Fsp3) is 0.364. The molecule has 1 aliphatic rings. The molecule has 0 unspecified atom stereocenters. The second kappa shape index (κ2) is 9.61. The van der Waals surface area contributed by atoms with E-state index in [4.69, 9.17) is 38.0 Å². The Morgan fingerprint density at radius 2 is 2.06 bits per heavy atom. The van der Waals surface area contributed by atoms with Crippen molar-refractivity contribution in [3.63, 3.8) is 0 Å². The second-order valence-corrected chi connectivity index (χ2v) is 9.54. The summed E-state index contributed by atoms with van der Waals surface area (Å²) >= 11 is 13.9. The van der Waals surface area contributed by atoms with E-state index in [-0.39, 0.29) is 6.42 Å². The van der Waals surface area contributed by atoms with Crippen LogP contribution in [0.4, 0.5) is 5.13 Å². The predicted molar refractivity (Wildman–Crippen MR) is 126 cm³/mol. The summed E-state index contributed by atoms with van der Waals surface area (Å²) in [5.74, 6) is -0.292. The number of hydrogen-bond donors (Lipinski definition) is 1. The van der Waals surface area contributed by atoms with Crippen LogP contribution in [-0.4, -0.2) is 59.8 Å². The Kier molecular flexibility index (Phi) is 6.86. The van der Waals surface area contributed by atoms with E-state index in [9.17, 15) is 4.79 Å². The number of carboxylic acids is 1. The predicted octanol–water partition coefficient (Wildman–Crippen LogP) is 4.82. The topological polar surface area (TPSA) is 65.9 Å². The summed E-state index contributed by atoms with van der Waals surface area (Å²) in [6.07, 6.45) is -0.0755. The van der Waals surface area contributed by atoms with Crippen LogP contribution in [0.15, 0.2) is 36.4 Å². The van der Waals surface area contributed by atoms with Crippen LogP contribution in [0.1, 0.15) is 12.5 Å². The Morgan fingerprint density at radius 3 is 2.84 bits per heavy atom. The Labute approximate surface area is 195 Å². The van der Waals surface area contributed by atoms with Gasteiger partial charge in [0.2, 0.25) is 0 Å². The average Bonchev–Trinajstić information content (AvgIpc) is 3.11. The molecule has 164 valence electrons. The molecule has 0 bridgehead atoms. The zero-order chi connectivity index (χ0) is 22.0. The Balaban J connectivity index is 1.31. The first kappa shape index (κ1) is 22.1. The van der Waals surface area contributed by atoms with Crippen molar-refractivity contribution in [3.8, 4) is 5.75 Å². The first-order valence-corrected chi connectivity index (χ1v) is 11.6. The molecule has 9 heteroatoms. The zero-order valence-corrected chi connectivity index (χ0v) is 19.4. The van der Waals surface area contributed by atoms with Crippen molar-refractivity contribution in [2.75, 3.05) is 37.7 Å². The van der Waals surface area contributed by atoms with Gasteiger partial charge in [-0.15, -0.1) is 0 Å². The fourth-order valence-electron chi connectivity index (χ4n) is 3.78. The van der Waals surface area contributed by atoms with Crippen LogP contribution in [-0.2, 0) is 11.2 Å². The normalized spacial score (nSPS) is 17.3. The number of hydrogen-bond acceptors (Lipinski definition) is 6. The number of rotatable bonds is 7. The molecule has 4 rings (SSSR count).